The number of rotatable bonds is 4. The summed E-state index contributed by atoms with van der Waals surface area (Å²) in [6.07, 6.45) is 0.346. The van der Waals surface area contributed by atoms with Crippen molar-refractivity contribution in [3.8, 4) is 0 Å². The Kier molecular flexibility index (Phi) is 6.91. The highest BCUT2D eigenvalue weighted by molar-refractivity contribution is 7.80. The fourth-order valence-electron chi connectivity index (χ4n) is 2.50. The first-order valence-corrected chi connectivity index (χ1v) is 9.49. The molecule has 0 fully saturated rings. The van der Waals surface area contributed by atoms with Gasteiger partial charge in [-0.2, -0.15) is 0 Å². The molecule has 5 nitrogen and oxygen atoms in total. The third-order valence-corrected chi connectivity index (χ3v) is 4.51. The van der Waals surface area contributed by atoms with E-state index in [4.69, 9.17) is 12.2 Å². The zero-order chi connectivity index (χ0) is 20.9. The van der Waals surface area contributed by atoms with Crippen LogP contribution in [0.1, 0.15) is 42.3 Å². The third kappa shape index (κ3) is 6.16. The second kappa shape index (κ2) is 8.97. The van der Waals surface area contributed by atoms with Crippen LogP contribution in [0.5, 0.6) is 0 Å². The van der Waals surface area contributed by atoms with E-state index in [0.29, 0.717) is 12.0 Å². The van der Waals surface area contributed by atoms with Crippen molar-refractivity contribution in [3.05, 3.63) is 65.2 Å². The van der Waals surface area contributed by atoms with Crippen LogP contribution in [0.3, 0.4) is 0 Å². The molecule has 0 aliphatic carbocycles. The molecule has 6 heteroatoms. The largest absolute Gasteiger partial charge is 0.349 e. The quantitative estimate of drug-likeness (QED) is 0.772. The molecule has 2 aromatic rings. The van der Waals surface area contributed by atoms with Crippen LogP contribution >= 0.6 is 12.2 Å². The molecule has 0 saturated heterocycles. The Bertz CT molecular complexity index is 851. The highest BCUT2D eigenvalue weighted by Crippen LogP contribution is 2.22. The van der Waals surface area contributed by atoms with Crippen molar-refractivity contribution >= 4 is 34.8 Å². The summed E-state index contributed by atoms with van der Waals surface area (Å²) >= 11 is 5.23. The number of nitrogens with one attached hydrogen (secondary N) is 2. The molecule has 0 radical (unpaired) electrons. The Hall–Kier alpha value is -2.73. The van der Waals surface area contributed by atoms with E-state index in [2.05, 4.69) is 31.4 Å². The van der Waals surface area contributed by atoms with Crippen LogP contribution in [0, 0.1) is 0 Å². The van der Waals surface area contributed by atoms with Crippen molar-refractivity contribution < 1.29 is 9.59 Å². The molecule has 28 heavy (non-hydrogen) atoms. The molecule has 0 aromatic heterocycles. The van der Waals surface area contributed by atoms with Crippen LogP contribution < -0.4 is 10.6 Å². The molecule has 0 unspecified atom stereocenters. The molecule has 2 rings (SSSR count). The lowest BCUT2D eigenvalue weighted by Crippen LogP contribution is -2.34. The summed E-state index contributed by atoms with van der Waals surface area (Å²) in [5.41, 5.74) is 3.41. The van der Waals surface area contributed by atoms with Crippen molar-refractivity contribution in [2.75, 3.05) is 19.4 Å². The van der Waals surface area contributed by atoms with Gasteiger partial charge in [0.05, 0.1) is 6.42 Å². The molecule has 0 bridgehead atoms. The van der Waals surface area contributed by atoms with Gasteiger partial charge in [0.15, 0.2) is 5.11 Å². The highest BCUT2D eigenvalue weighted by atomic mass is 32.1. The normalized spacial score (nSPS) is 10.9. The second-order valence-electron chi connectivity index (χ2n) is 7.90. The number of nitrogens with zero attached hydrogens (tertiary/aromatic N) is 1. The summed E-state index contributed by atoms with van der Waals surface area (Å²) < 4.78 is 0. The Balaban J connectivity index is 1.92. The second-order valence-corrected chi connectivity index (χ2v) is 8.31. The molecule has 0 atom stereocenters. The number of carbonyl (C=O) groups is 2. The molecule has 0 aliphatic rings. The fraction of sp³-hybridized carbons (Fsp3) is 0.318. The van der Waals surface area contributed by atoms with Gasteiger partial charge in [-0.25, -0.2) is 0 Å². The summed E-state index contributed by atoms with van der Waals surface area (Å²) in [5.74, 6) is -0.216. The Morgan fingerprint density at radius 3 is 2.04 bits per heavy atom. The zero-order valence-corrected chi connectivity index (χ0v) is 17.8. The predicted molar refractivity (Wildman–Crippen MR) is 118 cm³/mol. The van der Waals surface area contributed by atoms with Gasteiger partial charge in [-0.1, -0.05) is 45.0 Å². The van der Waals surface area contributed by atoms with Gasteiger partial charge in [-0.15, -0.1) is 0 Å². The van der Waals surface area contributed by atoms with E-state index in [1.54, 1.807) is 31.1 Å². The maximum absolute atomic E-state index is 12.4. The first-order chi connectivity index (χ1) is 13.1. The fourth-order valence-corrected chi connectivity index (χ4v) is 2.71. The number of carbonyl (C=O) groups excluding carboxylic acids is 2. The maximum Gasteiger partial charge on any atom is 0.257 e. The van der Waals surface area contributed by atoms with Gasteiger partial charge < -0.3 is 10.2 Å². The van der Waals surface area contributed by atoms with Gasteiger partial charge in [-0.05, 0) is 53.0 Å². The van der Waals surface area contributed by atoms with Crippen LogP contribution in [-0.2, 0) is 16.6 Å². The molecular formula is C22H27N3O2S. The van der Waals surface area contributed by atoms with E-state index in [0.717, 1.165) is 16.8 Å². The number of likely N-dealkylation sites (N-methyl/N-ethyl adjacent to an activating group) is 1. The molecule has 0 heterocycles. The Morgan fingerprint density at radius 1 is 0.964 bits per heavy atom. The number of thiocarbonyl (C=S) groups is 1. The zero-order valence-electron chi connectivity index (χ0n) is 17.0. The van der Waals surface area contributed by atoms with E-state index in [1.165, 1.54) is 0 Å². The minimum atomic E-state index is -0.258. The van der Waals surface area contributed by atoms with E-state index in [9.17, 15) is 9.59 Å². The minimum absolute atomic E-state index is 0.0369. The predicted octanol–water partition coefficient (Wildman–Crippen LogP) is 3.74. The SMILES string of the molecule is CN(C)C(=O)Cc1ccc(NC(=S)NC(=O)c2ccc(C(C)(C)C)cc2)cc1. The van der Waals surface area contributed by atoms with E-state index in [-0.39, 0.29) is 22.3 Å². The number of hydrogen-bond acceptors (Lipinski definition) is 3. The molecule has 0 saturated carbocycles. The van der Waals surface area contributed by atoms with Gasteiger partial charge in [0.25, 0.3) is 5.91 Å². The number of benzene rings is 2. The van der Waals surface area contributed by atoms with Crippen molar-refractivity contribution in [1.29, 1.82) is 0 Å². The number of amides is 2. The summed E-state index contributed by atoms with van der Waals surface area (Å²) in [6, 6.07) is 14.9. The van der Waals surface area contributed by atoms with Gasteiger partial charge in [0.2, 0.25) is 5.91 Å². The molecule has 0 aliphatic heterocycles. The Labute approximate surface area is 172 Å². The molecule has 2 aromatic carbocycles. The van der Waals surface area contributed by atoms with Crippen LogP contribution in [0.15, 0.2) is 48.5 Å². The van der Waals surface area contributed by atoms with E-state index < -0.39 is 0 Å². The first-order valence-electron chi connectivity index (χ1n) is 9.08. The lowest BCUT2D eigenvalue weighted by atomic mass is 9.87. The molecular weight excluding hydrogens is 370 g/mol. The van der Waals surface area contributed by atoms with Crippen molar-refractivity contribution in [2.24, 2.45) is 0 Å². The monoisotopic (exact) mass is 397 g/mol. The van der Waals surface area contributed by atoms with Crippen molar-refractivity contribution in [1.82, 2.24) is 10.2 Å². The van der Waals surface area contributed by atoms with Crippen molar-refractivity contribution in [3.63, 3.8) is 0 Å². The van der Waals surface area contributed by atoms with Crippen LogP contribution in [0.2, 0.25) is 0 Å². The van der Waals surface area contributed by atoms with Gasteiger partial charge in [0, 0.05) is 25.3 Å². The summed E-state index contributed by atoms with van der Waals surface area (Å²) in [5, 5.41) is 5.90. The third-order valence-electron chi connectivity index (χ3n) is 4.31. The summed E-state index contributed by atoms with van der Waals surface area (Å²) in [6.45, 7) is 6.38. The van der Waals surface area contributed by atoms with E-state index >= 15 is 0 Å². The van der Waals surface area contributed by atoms with Crippen LogP contribution in [0.25, 0.3) is 0 Å². The average molecular weight is 398 g/mol. The number of hydrogen-bond donors (Lipinski definition) is 2. The molecule has 148 valence electrons. The van der Waals surface area contributed by atoms with Crippen LogP contribution in [-0.4, -0.2) is 35.9 Å². The molecule has 0 spiro atoms. The highest BCUT2D eigenvalue weighted by Gasteiger charge is 2.15. The van der Waals surface area contributed by atoms with Crippen molar-refractivity contribution in [2.45, 2.75) is 32.6 Å². The first kappa shape index (κ1) is 21.6. The molecule has 2 N–H and O–H groups in total. The average Bonchev–Trinajstić information content (AvgIpc) is 2.62. The van der Waals surface area contributed by atoms with E-state index in [1.807, 2.05) is 36.4 Å². The van der Waals surface area contributed by atoms with Crippen LogP contribution in [0.4, 0.5) is 5.69 Å². The Morgan fingerprint density at radius 2 is 1.54 bits per heavy atom. The summed E-state index contributed by atoms with van der Waals surface area (Å²) in [7, 11) is 3.46. The topological polar surface area (TPSA) is 61.4 Å². The summed E-state index contributed by atoms with van der Waals surface area (Å²) in [4.78, 5) is 25.7. The smallest absolute Gasteiger partial charge is 0.257 e. The van der Waals surface area contributed by atoms with Gasteiger partial charge >= 0.3 is 0 Å². The standard InChI is InChI=1S/C22H27N3O2S/c1-22(2,3)17-10-8-16(9-11-17)20(27)24-21(28)23-18-12-6-15(7-13-18)14-19(26)25(4)5/h6-13H,14H2,1-5H3,(H2,23,24,27,28). The lowest BCUT2D eigenvalue weighted by molar-refractivity contribution is -0.127. The van der Waals surface area contributed by atoms with Gasteiger partial charge in [-0.3, -0.25) is 14.9 Å². The maximum atomic E-state index is 12.4. The number of anilines is 1. The lowest BCUT2D eigenvalue weighted by Gasteiger charge is -2.19. The minimum Gasteiger partial charge on any atom is -0.349 e. The van der Waals surface area contributed by atoms with Gasteiger partial charge in [0.1, 0.15) is 0 Å². The molecule has 2 amide bonds.